The van der Waals surface area contributed by atoms with Crippen LogP contribution in [0, 0.1) is 5.92 Å². The van der Waals surface area contributed by atoms with Crippen molar-refractivity contribution in [3.05, 3.63) is 23.8 Å². The van der Waals surface area contributed by atoms with Gasteiger partial charge in [-0.3, -0.25) is 4.79 Å². The fourth-order valence-corrected chi connectivity index (χ4v) is 2.28. The number of rotatable bonds is 5. The van der Waals surface area contributed by atoms with Crippen LogP contribution in [-0.4, -0.2) is 36.2 Å². The van der Waals surface area contributed by atoms with E-state index in [1.54, 1.807) is 12.1 Å². The number of anilines is 1. The average molecular weight is 292 g/mol. The van der Waals surface area contributed by atoms with Gasteiger partial charge < -0.3 is 20.5 Å². The van der Waals surface area contributed by atoms with Gasteiger partial charge in [0, 0.05) is 6.54 Å². The first kappa shape index (κ1) is 15.2. The largest absolute Gasteiger partial charge is 0.489 e. The molecule has 114 valence electrons. The number of hydrogen-bond acceptors (Lipinski definition) is 4. The Balaban J connectivity index is 2.18. The van der Waals surface area contributed by atoms with Gasteiger partial charge in [-0.05, 0) is 24.5 Å². The Morgan fingerprint density at radius 2 is 2.19 bits per heavy atom. The molecule has 6 heteroatoms. The van der Waals surface area contributed by atoms with Gasteiger partial charge in [0.1, 0.15) is 12.6 Å². The van der Waals surface area contributed by atoms with Gasteiger partial charge in [0.15, 0.2) is 5.75 Å². The third-order valence-corrected chi connectivity index (χ3v) is 3.23. The molecule has 2 rings (SSSR count). The topological polar surface area (TPSA) is 87.7 Å². The van der Waals surface area contributed by atoms with Crippen LogP contribution in [0.3, 0.4) is 0 Å². The lowest BCUT2D eigenvalue weighted by molar-refractivity contribution is -0.139. The summed E-state index contributed by atoms with van der Waals surface area (Å²) in [5.41, 5.74) is 1.11. The van der Waals surface area contributed by atoms with Crippen LogP contribution < -0.4 is 15.4 Å². The molecule has 0 bridgehead atoms. The number of carbonyl (C=O) groups excluding carboxylic acids is 1. The van der Waals surface area contributed by atoms with Gasteiger partial charge in [-0.15, -0.1) is 0 Å². The van der Waals surface area contributed by atoms with Crippen LogP contribution in [0.4, 0.5) is 5.69 Å². The molecule has 0 saturated heterocycles. The fourth-order valence-electron chi connectivity index (χ4n) is 2.28. The molecule has 3 N–H and O–H groups in total. The molecule has 21 heavy (non-hydrogen) atoms. The number of benzene rings is 1. The molecule has 0 aromatic heterocycles. The number of ether oxygens (including phenoxy) is 1. The van der Waals surface area contributed by atoms with E-state index in [2.05, 4.69) is 10.6 Å². The van der Waals surface area contributed by atoms with E-state index in [9.17, 15) is 14.7 Å². The van der Waals surface area contributed by atoms with Gasteiger partial charge in [0.05, 0.1) is 11.3 Å². The fraction of sp³-hybridized carbons (Fsp3) is 0.467. The predicted molar refractivity (Wildman–Crippen MR) is 78.8 cm³/mol. The van der Waals surface area contributed by atoms with Crippen LogP contribution in [0.25, 0.3) is 0 Å². The van der Waals surface area contributed by atoms with E-state index >= 15 is 0 Å². The van der Waals surface area contributed by atoms with Crippen molar-refractivity contribution >= 4 is 17.6 Å². The molecule has 1 unspecified atom stereocenters. The van der Waals surface area contributed by atoms with Gasteiger partial charge in [0.2, 0.25) is 0 Å². The summed E-state index contributed by atoms with van der Waals surface area (Å²) in [5.74, 6) is -0.798. The molecule has 6 nitrogen and oxygen atoms in total. The number of amides is 1. The van der Waals surface area contributed by atoms with E-state index in [-0.39, 0.29) is 5.92 Å². The SMILES string of the molecule is CC(C)CC(NC(=O)c1cccc2c1OCCN2)C(=O)O. The molecule has 0 radical (unpaired) electrons. The van der Waals surface area contributed by atoms with Crippen molar-refractivity contribution in [3.8, 4) is 5.75 Å². The second-order valence-electron chi connectivity index (χ2n) is 5.45. The summed E-state index contributed by atoms with van der Waals surface area (Å²) in [5, 5.41) is 14.9. The number of carboxylic acids is 1. The Labute approximate surface area is 123 Å². The minimum Gasteiger partial charge on any atom is -0.489 e. The standard InChI is InChI=1S/C15H20N2O4/c1-9(2)8-12(15(19)20)17-14(18)10-4-3-5-11-13(10)21-7-6-16-11/h3-5,9,12,16H,6-8H2,1-2H3,(H,17,18)(H,19,20). The minimum atomic E-state index is -1.03. The number of para-hydroxylation sites is 1. The molecule has 1 aliphatic heterocycles. The molecule has 1 heterocycles. The Morgan fingerprint density at radius 3 is 2.86 bits per heavy atom. The number of carbonyl (C=O) groups is 2. The maximum atomic E-state index is 12.3. The highest BCUT2D eigenvalue weighted by molar-refractivity contribution is 6.00. The zero-order chi connectivity index (χ0) is 15.4. The maximum absolute atomic E-state index is 12.3. The minimum absolute atomic E-state index is 0.175. The summed E-state index contributed by atoms with van der Waals surface area (Å²) in [4.78, 5) is 23.6. The van der Waals surface area contributed by atoms with Gasteiger partial charge in [-0.1, -0.05) is 19.9 Å². The normalized spacial score (nSPS) is 14.6. The molecule has 0 fully saturated rings. The molecular formula is C15H20N2O4. The lowest BCUT2D eigenvalue weighted by Gasteiger charge is -2.22. The Morgan fingerprint density at radius 1 is 1.43 bits per heavy atom. The van der Waals surface area contributed by atoms with Gasteiger partial charge in [-0.2, -0.15) is 0 Å². The number of hydrogen-bond donors (Lipinski definition) is 3. The third kappa shape index (κ3) is 3.65. The van der Waals surface area contributed by atoms with E-state index in [0.29, 0.717) is 30.9 Å². The molecule has 1 amide bonds. The van der Waals surface area contributed by atoms with Crippen LogP contribution in [0.15, 0.2) is 18.2 Å². The second-order valence-corrected chi connectivity index (χ2v) is 5.45. The van der Waals surface area contributed by atoms with Crippen LogP contribution in [0.1, 0.15) is 30.6 Å². The van der Waals surface area contributed by atoms with E-state index < -0.39 is 17.9 Å². The molecule has 0 spiro atoms. The molecule has 0 aliphatic carbocycles. The maximum Gasteiger partial charge on any atom is 0.326 e. The first-order valence-corrected chi connectivity index (χ1v) is 7.02. The first-order valence-electron chi connectivity index (χ1n) is 7.02. The van der Waals surface area contributed by atoms with E-state index in [1.807, 2.05) is 19.9 Å². The van der Waals surface area contributed by atoms with Crippen molar-refractivity contribution in [1.82, 2.24) is 5.32 Å². The zero-order valence-electron chi connectivity index (χ0n) is 12.2. The summed E-state index contributed by atoms with van der Waals surface area (Å²) in [7, 11) is 0. The van der Waals surface area contributed by atoms with Crippen LogP contribution in [-0.2, 0) is 4.79 Å². The van der Waals surface area contributed by atoms with Gasteiger partial charge in [0.25, 0.3) is 5.91 Å². The summed E-state index contributed by atoms with van der Waals surface area (Å²) in [6.07, 6.45) is 0.384. The van der Waals surface area contributed by atoms with Crippen molar-refractivity contribution in [2.24, 2.45) is 5.92 Å². The Kier molecular flexibility index (Phi) is 4.67. The first-order chi connectivity index (χ1) is 9.99. The number of aliphatic carboxylic acids is 1. The molecule has 1 aromatic rings. The van der Waals surface area contributed by atoms with Gasteiger partial charge >= 0.3 is 5.97 Å². The molecule has 1 atom stereocenters. The summed E-state index contributed by atoms with van der Waals surface area (Å²) in [6, 6.07) is 4.31. The van der Waals surface area contributed by atoms with E-state index in [4.69, 9.17) is 4.74 Å². The van der Waals surface area contributed by atoms with Crippen molar-refractivity contribution in [1.29, 1.82) is 0 Å². The van der Waals surface area contributed by atoms with Crippen molar-refractivity contribution < 1.29 is 19.4 Å². The lowest BCUT2D eigenvalue weighted by Crippen LogP contribution is -2.41. The molecule has 1 aliphatic rings. The number of fused-ring (bicyclic) bond motifs is 1. The smallest absolute Gasteiger partial charge is 0.326 e. The van der Waals surface area contributed by atoms with Crippen molar-refractivity contribution in [3.63, 3.8) is 0 Å². The highest BCUT2D eigenvalue weighted by atomic mass is 16.5. The van der Waals surface area contributed by atoms with Crippen molar-refractivity contribution in [2.75, 3.05) is 18.5 Å². The van der Waals surface area contributed by atoms with Gasteiger partial charge in [-0.25, -0.2) is 4.79 Å². The average Bonchev–Trinajstić information content (AvgIpc) is 2.45. The summed E-state index contributed by atoms with van der Waals surface area (Å²) >= 11 is 0. The van der Waals surface area contributed by atoms with E-state index in [1.165, 1.54) is 0 Å². The molecule has 1 aromatic carbocycles. The number of nitrogens with one attached hydrogen (secondary N) is 2. The monoisotopic (exact) mass is 292 g/mol. The predicted octanol–water partition coefficient (Wildman–Crippen LogP) is 1.72. The Bertz CT molecular complexity index is 542. The van der Waals surface area contributed by atoms with Crippen molar-refractivity contribution in [2.45, 2.75) is 26.3 Å². The highest BCUT2D eigenvalue weighted by Gasteiger charge is 2.25. The third-order valence-electron chi connectivity index (χ3n) is 3.23. The summed E-state index contributed by atoms with van der Waals surface area (Å²) in [6.45, 7) is 4.99. The van der Waals surface area contributed by atoms with Crippen LogP contribution in [0.2, 0.25) is 0 Å². The molecule has 0 saturated carbocycles. The molecular weight excluding hydrogens is 272 g/mol. The zero-order valence-corrected chi connectivity index (χ0v) is 12.2. The number of carboxylic acid groups (broad SMARTS) is 1. The lowest BCUT2D eigenvalue weighted by atomic mass is 10.0. The Hall–Kier alpha value is -2.24. The quantitative estimate of drug-likeness (QED) is 0.769. The van der Waals surface area contributed by atoms with Crippen LogP contribution >= 0.6 is 0 Å². The van der Waals surface area contributed by atoms with E-state index in [0.717, 1.165) is 5.69 Å². The summed E-state index contributed by atoms with van der Waals surface area (Å²) < 4.78 is 5.53. The highest BCUT2D eigenvalue weighted by Crippen LogP contribution is 2.31. The van der Waals surface area contributed by atoms with Crippen LogP contribution in [0.5, 0.6) is 5.75 Å². The second kappa shape index (κ2) is 6.47.